The van der Waals surface area contributed by atoms with Crippen molar-refractivity contribution < 1.29 is 0 Å². The molecule has 0 heterocycles. The second-order valence-electron chi connectivity index (χ2n) is 10.3. The van der Waals surface area contributed by atoms with E-state index in [0.717, 1.165) is 33.5 Å². The Morgan fingerprint density at radius 3 is 1.23 bits per heavy atom. The van der Waals surface area contributed by atoms with E-state index in [-0.39, 0.29) is 0 Å². The normalized spacial score (nSPS) is 60.3. The third kappa shape index (κ3) is 1.25. The monoisotopic (exact) mass is 300 g/mol. The average Bonchev–Trinajstić information content (AvgIpc) is 3.23. The molecule has 5 rings (SSSR count). The summed E-state index contributed by atoms with van der Waals surface area (Å²) < 4.78 is 0. The molecule has 0 radical (unpaired) electrons. The fourth-order valence-electron chi connectivity index (χ4n) is 9.95. The van der Waals surface area contributed by atoms with Crippen molar-refractivity contribution in [2.75, 3.05) is 0 Å². The third-order valence-corrected chi connectivity index (χ3v) is 10.7. The molecule has 124 valence electrons. The lowest BCUT2D eigenvalue weighted by atomic mass is 9.33. The minimum absolute atomic E-state index is 0.783. The molecule has 0 aliphatic heterocycles. The Morgan fingerprint density at radius 1 is 0.500 bits per heavy atom. The van der Waals surface area contributed by atoms with Gasteiger partial charge in [0.15, 0.2) is 0 Å². The summed E-state index contributed by atoms with van der Waals surface area (Å²) in [7, 11) is 0. The molecule has 0 nitrogen and oxygen atoms in total. The molecule has 0 aromatic heterocycles. The molecule has 0 amide bonds. The standard InChI is InChI=1S/C22H36/c1-17-7-3-9-19(17)11-5-13-21(19)15-16-22(21)14-6-12-20(22)10-4-8-18(20)2/h17-18H,3-16H2,1-2H3. The molecule has 0 heteroatoms. The van der Waals surface area contributed by atoms with E-state index in [2.05, 4.69) is 13.8 Å². The first-order valence-electron chi connectivity index (χ1n) is 10.6. The van der Waals surface area contributed by atoms with Crippen molar-refractivity contribution in [3.63, 3.8) is 0 Å². The summed E-state index contributed by atoms with van der Waals surface area (Å²) in [5, 5.41) is 0. The zero-order valence-electron chi connectivity index (χ0n) is 15.1. The molecule has 0 N–H and O–H groups in total. The van der Waals surface area contributed by atoms with Gasteiger partial charge < -0.3 is 0 Å². The first kappa shape index (κ1) is 14.4. The topological polar surface area (TPSA) is 0 Å². The van der Waals surface area contributed by atoms with E-state index in [1.165, 1.54) is 0 Å². The van der Waals surface area contributed by atoms with Crippen LogP contribution in [0.2, 0.25) is 0 Å². The van der Waals surface area contributed by atoms with Gasteiger partial charge in [-0.3, -0.25) is 0 Å². The molecule has 5 fully saturated rings. The van der Waals surface area contributed by atoms with Gasteiger partial charge in [0.25, 0.3) is 0 Å². The molecule has 22 heavy (non-hydrogen) atoms. The minimum Gasteiger partial charge on any atom is -0.0620 e. The summed E-state index contributed by atoms with van der Waals surface area (Å²) in [5.41, 5.74) is 3.16. The highest BCUT2D eigenvalue weighted by molar-refractivity contribution is 5.26. The van der Waals surface area contributed by atoms with Crippen molar-refractivity contribution in [1.29, 1.82) is 0 Å². The largest absolute Gasteiger partial charge is 0.0620 e. The second-order valence-corrected chi connectivity index (χ2v) is 10.3. The molecule has 5 aliphatic rings. The molecule has 0 aromatic carbocycles. The lowest BCUT2D eigenvalue weighted by Crippen LogP contribution is -2.64. The fourth-order valence-corrected chi connectivity index (χ4v) is 9.95. The maximum atomic E-state index is 2.64. The van der Waals surface area contributed by atoms with Crippen LogP contribution in [-0.2, 0) is 0 Å². The van der Waals surface area contributed by atoms with E-state index in [9.17, 15) is 0 Å². The molecule has 4 spiro atoms. The first-order chi connectivity index (χ1) is 10.6. The van der Waals surface area contributed by atoms with Crippen LogP contribution < -0.4 is 0 Å². The Balaban J connectivity index is 1.64. The number of rotatable bonds is 0. The summed E-state index contributed by atoms with van der Waals surface area (Å²) in [6.07, 6.45) is 22.2. The fraction of sp³-hybridized carbons (Fsp3) is 1.00. The van der Waals surface area contributed by atoms with Crippen LogP contribution in [0.5, 0.6) is 0 Å². The van der Waals surface area contributed by atoms with Crippen molar-refractivity contribution in [2.24, 2.45) is 33.5 Å². The highest BCUT2D eigenvalue weighted by Crippen LogP contribution is 2.86. The van der Waals surface area contributed by atoms with Gasteiger partial charge >= 0.3 is 0 Å². The van der Waals surface area contributed by atoms with Crippen molar-refractivity contribution in [3.05, 3.63) is 0 Å². The highest BCUT2D eigenvalue weighted by atomic mass is 14.8. The summed E-state index contributed by atoms with van der Waals surface area (Å²) in [6.45, 7) is 5.29. The van der Waals surface area contributed by atoms with Gasteiger partial charge in [-0.05, 0) is 84.9 Å². The molecular formula is C22H36. The summed E-state index contributed by atoms with van der Waals surface area (Å²) >= 11 is 0. The lowest BCUT2D eigenvalue weighted by molar-refractivity contribution is -0.229. The second kappa shape index (κ2) is 4.34. The zero-order valence-corrected chi connectivity index (χ0v) is 15.1. The van der Waals surface area contributed by atoms with Crippen LogP contribution >= 0.6 is 0 Å². The van der Waals surface area contributed by atoms with Crippen molar-refractivity contribution in [2.45, 2.75) is 104 Å². The van der Waals surface area contributed by atoms with Crippen molar-refractivity contribution in [1.82, 2.24) is 0 Å². The van der Waals surface area contributed by atoms with Crippen LogP contribution in [0.4, 0.5) is 0 Å². The van der Waals surface area contributed by atoms with Crippen molar-refractivity contribution >= 4 is 0 Å². The lowest BCUT2D eigenvalue weighted by Gasteiger charge is -2.71. The first-order valence-corrected chi connectivity index (χ1v) is 10.6. The Bertz CT molecular complexity index is 428. The van der Waals surface area contributed by atoms with Gasteiger partial charge in [-0.1, -0.05) is 52.4 Å². The summed E-state index contributed by atoms with van der Waals surface area (Å²) in [6, 6.07) is 0. The Hall–Kier alpha value is 0. The Morgan fingerprint density at radius 2 is 0.909 bits per heavy atom. The van der Waals surface area contributed by atoms with Gasteiger partial charge in [0.1, 0.15) is 0 Å². The molecule has 5 saturated carbocycles. The van der Waals surface area contributed by atoms with Gasteiger partial charge in [0, 0.05) is 0 Å². The van der Waals surface area contributed by atoms with Gasteiger partial charge in [-0.25, -0.2) is 0 Å². The van der Waals surface area contributed by atoms with Crippen LogP contribution in [0.25, 0.3) is 0 Å². The molecular weight excluding hydrogens is 264 g/mol. The number of hydrogen-bond acceptors (Lipinski definition) is 0. The SMILES string of the molecule is CC1CCCC12CCCC21CCC12CCCC21CCCC1C. The zero-order chi connectivity index (χ0) is 15.1. The van der Waals surface area contributed by atoms with E-state index in [0.29, 0.717) is 0 Å². The summed E-state index contributed by atoms with van der Waals surface area (Å²) in [5.74, 6) is 2.06. The quantitative estimate of drug-likeness (QED) is 0.465. The van der Waals surface area contributed by atoms with E-state index < -0.39 is 0 Å². The van der Waals surface area contributed by atoms with E-state index in [1.54, 1.807) is 89.9 Å². The molecule has 0 aromatic rings. The molecule has 0 saturated heterocycles. The van der Waals surface area contributed by atoms with E-state index >= 15 is 0 Å². The van der Waals surface area contributed by atoms with Gasteiger partial charge in [-0.2, -0.15) is 0 Å². The molecule has 0 bridgehead atoms. The maximum Gasteiger partial charge on any atom is -0.0176 e. The Kier molecular flexibility index (Phi) is 2.83. The predicted molar refractivity (Wildman–Crippen MR) is 92.7 cm³/mol. The van der Waals surface area contributed by atoms with Gasteiger partial charge in [-0.15, -0.1) is 0 Å². The number of fused-ring (bicyclic) bond motifs is 3. The van der Waals surface area contributed by atoms with Crippen LogP contribution in [0.1, 0.15) is 104 Å². The highest BCUT2D eigenvalue weighted by Gasteiger charge is 2.77. The Labute approximate surface area is 137 Å². The average molecular weight is 301 g/mol. The van der Waals surface area contributed by atoms with Crippen LogP contribution in [0, 0.1) is 33.5 Å². The number of hydrogen-bond donors (Lipinski definition) is 0. The molecule has 6 unspecified atom stereocenters. The smallest absolute Gasteiger partial charge is 0.0176 e. The van der Waals surface area contributed by atoms with E-state index in [1.807, 2.05) is 0 Å². The predicted octanol–water partition coefficient (Wildman–Crippen LogP) is 6.73. The third-order valence-electron chi connectivity index (χ3n) is 10.7. The van der Waals surface area contributed by atoms with Crippen LogP contribution in [-0.4, -0.2) is 0 Å². The maximum absolute atomic E-state index is 2.64. The van der Waals surface area contributed by atoms with Crippen LogP contribution in [0.3, 0.4) is 0 Å². The van der Waals surface area contributed by atoms with Crippen LogP contribution in [0.15, 0.2) is 0 Å². The minimum atomic E-state index is 0.783. The van der Waals surface area contributed by atoms with E-state index in [4.69, 9.17) is 0 Å². The van der Waals surface area contributed by atoms with Gasteiger partial charge in [0.05, 0.1) is 0 Å². The summed E-state index contributed by atoms with van der Waals surface area (Å²) in [4.78, 5) is 0. The van der Waals surface area contributed by atoms with Crippen molar-refractivity contribution in [3.8, 4) is 0 Å². The molecule has 5 aliphatic carbocycles. The van der Waals surface area contributed by atoms with Gasteiger partial charge in [0.2, 0.25) is 0 Å². The molecule has 6 atom stereocenters.